The van der Waals surface area contributed by atoms with Crippen LogP contribution in [-0.2, 0) is 0 Å². The quantitative estimate of drug-likeness (QED) is 0.743. The van der Waals surface area contributed by atoms with Crippen LogP contribution >= 0.6 is 0 Å². The van der Waals surface area contributed by atoms with Gasteiger partial charge in [0, 0.05) is 12.3 Å². The van der Waals surface area contributed by atoms with E-state index in [2.05, 4.69) is 9.72 Å². The van der Waals surface area contributed by atoms with E-state index >= 15 is 0 Å². The molecule has 0 N–H and O–H groups in total. The number of alkyl halides is 2. The Bertz CT molecular complexity index is 295. The summed E-state index contributed by atoms with van der Waals surface area (Å²) in [5, 5.41) is 0. The van der Waals surface area contributed by atoms with Crippen molar-refractivity contribution in [1.29, 1.82) is 0 Å². The van der Waals surface area contributed by atoms with E-state index in [1.54, 1.807) is 6.07 Å². The summed E-state index contributed by atoms with van der Waals surface area (Å²) in [7, 11) is 0. The zero-order valence-corrected chi connectivity index (χ0v) is 7.78. The first kappa shape index (κ1) is 10.6. The number of hydrogen-bond acceptors (Lipinski definition) is 2. The topological polar surface area (TPSA) is 22.1 Å². The van der Waals surface area contributed by atoms with E-state index in [1.165, 1.54) is 12.3 Å². The number of aromatic nitrogens is 1. The Kier molecular flexibility index (Phi) is 4.04. The maximum Gasteiger partial charge on any atom is 0.388 e. The number of allylic oxidation sites excluding steroid dienone is 1. The van der Waals surface area contributed by atoms with Crippen molar-refractivity contribution in [2.45, 2.75) is 20.0 Å². The zero-order chi connectivity index (χ0) is 10.4. The second-order valence-electron chi connectivity index (χ2n) is 2.62. The molecule has 0 bridgehead atoms. The summed E-state index contributed by atoms with van der Waals surface area (Å²) in [5.41, 5.74) is 0.869. The van der Waals surface area contributed by atoms with E-state index in [4.69, 9.17) is 0 Å². The van der Waals surface area contributed by atoms with Crippen LogP contribution in [-0.4, -0.2) is 11.6 Å². The lowest BCUT2D eigenvalue weighted by molar-refractivity contribution is -0.0528. The summed E-state index contributed by atoms with van der Waals surface area (Å²) in [4.78, 5) is 3.72. The highest BCUT2D eigenvalue weighted by atomic mass is 19.3. The normalized spacial score (nSPS) is 11.1. The van der Waals surface area contributed by atoms with Crippen molar-refractivity contribution < 1.29 is 13.5 Å². The van der Waals surface area contributed by atoms with Gasteiger partial charge in [-0.25, -0.2) is 4.98 Å². The molecule has 76 valence electrons. The van der Waals surface area contributed by atoms with Gasteiger partial charge >= 0.3 is 6.61 Å². The second kappa shape index (κ2) is 5.32. The van der Waals surface area contributed by atoms with Crippen LogP contribution in [0.5, 0.6) is 5.88 Å². The molecule has 0 aliphatic rings. The Morgan fingerprint density at radius 2 is 2.29 bits per heavy atom. The maximum atomic E-state index is 11.7. The molecule has 0 saturated carbocycles. The molecule has 1 heterocycles. The second-order valence-corrected chi connectivity index (χ2v) is 2.62. The summed E-state index contributed by atoms with van der Waals surface area (Å²) >= 11 is 0. The third-order valence-electron chi connectivity index (χ3n) is 1.52. The monoisotopic (exact) mass is 199 g/mol. The van der Waals surface area contributed by atoms with Crippen LogP contribution in [0.2, 0.25) is 0 Å². The van der Waals surface area contributed by atoms with Crippen molar-refractivity contribution in [2.75, 3.05) is 0 Å². The minimum absolute atomic E-state index is 0.0614. The van der Waals surface area contributed by atoms with Crippen LogP contribution in [0.25, 0.3) is 6.08 Å². The average molecular weight is 199 g/mol. The molecule has 0 aliphatic heterocycles. The summed E-state index contributed by atoms with van der Waals surface area (Å²) in [6.45, 7) is -0.808. The van der Waals surface area contributed by atoms with Crippen molar-refractivity contribution in [3.05, 3.63) is 30.0 Å². The van der Waals surface area contributed by atoms with E-state index in [0.29, 0.717) is 0 Å². The molecule has 0 radical (unpaired) electrons. The molecular weight excluding hydrogens is 188 g/mol. The van der Waals surface area contributed by atoms with Gasteiger partial charge in [0.15, 0.2) is 0 Å². The Balaban J connectivity index is 2.64. The van der Waals surface area contributed by atoms with Gasteiger partial charge in [0.2, 0.25) is 5.88 Å². The van der Waals surface area contributed by atoms with Crippen LogP contribution in [0.1, 0.15) is 18.9 Å². The molecule has 0 atom stereocenters. The first-order valence-corrected chi connectivity index (χ1v) is 4.29. The van der Waals surface area contributed by atoms with Crippen LogP contribution in [0.4, 0.5) is 8.78 Å². The molecule has 0 spiro atoms. The molecule has 0 unspecified atom stereocenters. The fourth-order valence-corrected chi connectivity index (χ4v) is 0.905. The van der Waals surface area contributed by atoms with Gasteiger partial charge in [0.05, 0.1) is 0 Å². The molecule has 1 rings (SSSR count). The van der Waals surface area contributed by atoms with Gasteiger partial charge in [0.25, 0.3) is 0 Å². The molecule has 14 heavy (non-hydrogen) atoms. The van der Waals surface area contributed by atoms with Gasteiger partial charge < -0.3 is 4.74 Å². The summed E-state index contributed by atoms with van der Waals surface area (Å²) in [5.74, 6) is -0.0614. The third kappa shape index (κ3) is 3.51. The van der Waals surface area contributed by atoms with Crippen molar-refractivity contribution >= 4 is 6.08 Å². The Morgan fingerprint density at radius 1 is 1.50 bits per heavy atom. The summed E-state index contributed by atoms with van der Waals surface area (Å²) < 4.78 is 27.6. The maximum absolute atomic E-state index is 11.7. The van der Waals surface area contributed by atoms with Gasteiger partial charge in [-0.2, -0.15) is 8.78 Å². The number of hydrogen-bond donors (Lipinski definition) is 0. The molecule has 4 heteroatoms. The van der Waals surface area contributed by atoms with E-state index in [1.807, 2.05) is 19.1 Å². The van der Waals surface area contributed by atoms with E-state index in [9.17, 15) is 8.78 Å². The predicted molar refractivity (Wildman–Crippen MR) is 50.2 cm³/mol. The molecule has 0 amide bonds. The molecule has 0 saturated heterocycles. The van der Waals surface area contributed by atoms with Crippen molar-refractivity contribution in [3.8, 4) is 5.88 Å². The Morgan fingerprint density at radius 3 is 2.79 bits per heavy atom. The van der Waals surface area contributed by atoms with Crippen molar-refractivity contribution in [2.24, 2.45) is 0 Å². The number of rotatable bonds is 4. The fourth-order valence-electron chi connectivity index (χ4n) is 0.905. The molecule has 0 aliphatic carbocycles. The van der Waals surface area contributed by atoms with Crippen LogP contribution in [0, 0.1) is 0 Å². The average Bonchev–Trinajstić information content (AvgIpc) is 2.16. The van der Waals surface area contributed by atoms with Gasteiger partial charge in [0.1, 0.15) is 0 Å². The van der Waals surface area contributed by atoms with Crippen molar-refractivity contribution in [1.82, 2.24) is 4.98 Å². The van der Waals surface area contributed by atoms with E-state index in [-0.39, 0.29) is 5.88 Å². The predicted octanol–water partition coefficient (Wildman–Crippen LogP) is 3.11. The first-order valence-electron chi connectivity index (χ1n) is 4.29. The lowest BCUT2D eigenvalue weighted by atomic mass is 10.2. The lowest BCUT2D eigenvalue weighted by Crippen LogP contribution is -2.03. The molecule has 2 nitrogen and oxygen atoms in total. The number of nitrogens with zero attached hydrogens (tertiary/aromatic N) is 1. The minimum Gasteiger partial charge on any atom is -0.417 e. The minimum atomic E-state index is -2.82. The highest BCUT2D eigenvalue weighted by Gasteiger charge is 2.03. The zero-order valence-electron chi connectivity index (χ0n) is 7.78. The van der Waals surface area contributed by atoms with Crippen LogP contribution in [0.3, 0.4) is 0 Å². The highest BCUT2D eigenvalue weighted by Crippen LogP contribution is 2.11. The molecule has 1 aromatic rings. The molecular formula is C10H11F2NO. The van der Waals surface area contributed by atoms with E-state index in [0.717, 1.165) is 12.0 Å². The summed E-state index contributed by atoms with van der Waals surface area (Å²) in [6.07, 6.45) is 6.25. The largest absolute Gasteiger partial charge is 0.417 e. The summed E-state index contributed by atoms with van der Waals surface area (Å²) in [6, 6.07) is 3.10. The van der Waals surface area contributed by atoms with Gasteiger partial charge in [-0.1, -0.05) is 19.1 Å². The van der Waals surface area contributed by atoms with Crippen LogP contribution < -0.4 is 4.74 Å². The Hall–Kier alpha value is -1.45. The number of ether oxygens (including phenoxy) is 1. The third-order valence-corrected chi connectivity index (χ3v) is 1.52. The molecule has 1 aromatic heterocycles. The number of pyridine rings is 1. The highest BCUT2D eigenvalue weighted by molar-refractivity contribution is 5.48. The Labute approximate surface area is 81.2 Å². The SMILES string of the molecule is CC/C=C/c1ccc(OC(F)F)nc1. The van der Waals surface area contributed by atoms with Gasteiger partial charge in [-0.3, -0.25) is 0 Å². The smallest absolute Gasteiger partial charge is 0.388 e. The number of halogens is 2. The molecule has 0 fully saturated rings. The van der Waals surface area contributed by atoms with Crippen LogP contribution in [0.15, 0.2) is 24.4 Å². The van der Waals surface area contributed by atoms with E-state index < -0.39 is 6.61 Å². The molecule has 0 aromatic carbocycles. The fraction of sp³-hybridized carbons (Fsp3) is 0.300. The van der Waals surface area contributed by atoms with Gasteiger partial charge in [-0.15, -0.1) is 0 Å². The van der Waals surface area contributed by atoms with Gasteiger partial charge in [-0.05, 0) is 18.1 Å². The lowest BCUT2D eigenvalue weighted by Gasteiger charge is -2.02. The standard InChI is InChI=1S/C10H11F2NO/c1-2-3-4-8-5-6-9(13-7-8)14-10(11)12/h3-7,10H,2H2,1H3/b4-3+. The first-order chi connectivity index (χ1) is 6.72. The van der Waals surface area contributed by atoms with Crippen molar-refractivity contribution in [3.63, 3.8) is 0 Å².